The predicted octanol–water partition coefficient (Wildman–Crippen LogP) is 3.16. The van der Waals surface area contributed by atoms with Crippen LogP contribution in [0.15, 0.2) is 30.3 Å². The number of ether oxygens (including phenoxy) is 5. The molecule has 0 fully saturated rings. The zero-order chi connectivity index (χ0) is 18.0. The molecule has 1 atom stereocenters. The van der Waals surface area contributed by atoms with Crippen LogP contribution >= 0.6 is 0 Å². The van der Waals surface area contributed by atoms with Crippen LogP contribution < -0.4 is 23.7 Å². The molecule has 132 valence electrons. The van der Waals surface area contributed by atoms with Crippen molar-refractivity contribution >= 4 is 5.97 Å². The lowest BCUT2D eigenvalue weighted by atomic mass is 9.85. The fourth-order valence-electron chi connectivity index (χ4n) is 3.12. The molecular weight excluding hydrogens is 324 g/mol. The van der Waals surface area contributed by atoms with Gasteiger partial charge in [-0.05, 0) is 17.7 Å². The van der Waals surface area contributed by atoms with E-state index in [4.69, 9.17) is 23.7 Å². The van der Waals surface area contributed by atoms with Gasteiger partial charge < -0.3 is 23.7 Å². The number of esters is 1. The van der Waals surface area contributed by atoms with Gasteiger partial charge in [-0.3, -0.25) is 4.79 Å². The summed E-state index contributed by atoms with van der Waals surface area (Å²) in [6.07, 6.45) is 0.213. The molecule has 1 aliphatic rings. The Balaban J connectivity index is 2.19. The van der Waals surface area contributed by atoms with E-state index in [9.17, 15) is 4.79 Å². The van der Waals surface area contributed by atoms with Crippen LogP contribution in [0.4, 0.5) is 0 Å². The molecule has 0 amide bonds. The van der Waals surface area contributed by atoms with E-state index in [1.54, 1.807) is 27.4 Å². The minimum Gasteiger partial charge on any atom is -0.497 e. The fourth-order valence-corrected chi connectivity index (χ4v) is 3.12. The Bertz CT molecular complexity index is 781. The number of hydrogen-bond donors (Lipinski definition) is 0. The van der Waals surface area contributed by atoms with Crippen molar-refractivity contribution < 1.29 is 28.5 Å². The zero-order valence-corrected chi connectivity index (χ0v) is 14.6. The van der Waals surface area contributed by atoms with Gasteiger partial charge >= 0.3 is 5.97 Å². The highest BCUT2D eigenvalue weighted by Crippen LogP contribution is 2.52. The van der Waals surface area contributed by atoms with Gasteiger partial charge in [-0.1, -0.05) is 12.1 Å². The van der Waals surface area contributed by atoms with Crippen molar-refractivity contribution in [3.8, 4) is 28.7 Å². The lowest BCUT2D eigenvalue weighted by molar-refractivity contribution is -0.135. The number of carbonyl (C=O) groups excluding carboxylic acids is 1. The van der Waals surface area contributed by atoms with Crippen molar-refractivity contribution in [3.63, 3.8) is 0 Å². The summed E-state index contributed by atoms with van der Waals surface area (Å²) in [6, 6.07) is 9.25. The Morgan fingerprint density at radius 3 is 2.16 bits per heavy atom. The van der Waals surface area contributed by atoms with Crippen LogP contribution in [0.5, 0.6) is 28.7 Å². The molecule has 6 heteroatoms. The molecule has 25 heavy (non-hydrogen) atoms. The minimum absolute atomic E-state index is 0.211. The molecule has 2 aromatic rings. The SMILES string of the molecule is COc1ccc(C2CC(=O)Oc3cc(OC)c(OC)c(OC)c32)cc1. The van der Waals surface area contributed by atoms with Crippen LogP contribution in [0.3, 0.4) is 0 Å². The quantitative estimate of drug-likeness (QED) is 0.613. The average molecular weight is 344 g/mol. The van der Waals surface area contributed by atoms with Gasteiger partial charge in [0.05, 0.1) is 34.9 Å². The summed E-state index contributed by atoms with van der Waals surface area (Å²) in [4.78, 5) is 12.1. The van der Waals surface area contributed by atoms with Gasteiger partial charge in [0.1, 0.15) is 11.5 Å². The number of hydrogen-bond acceptors (Lipinski definition) is 6. The van der Waals surface area contributed by atoms with E-state index in [2.05, 4.69) is 0 Å². The van der Waals surface area contributed by atoms with Gasteiger partial charge in [-0.2, -0.15) is 0 Å². The molecule has 0 bridgehead atoms. The largest absolute Gasteiger partial charge is 0.497 e. The van der Waals surface area contributed by atoms with E-state index in [0.717, 1.165) is 16.9 Å². The summed E-state index contributed by atoms with van der Waals surface area (Å²) in [5.74, 6) is 2.08. The predicted molar refractivity (Wildman–Crippen MR) is 91.2 cm³/mol. The van der Waals surface area contributed by atoms with E-state index in [0.29, 0.717) is 23.0 Å². The number of rotatable bonds is 5. The van der Waals surface area contributed by atoms with Crippen molar-refractivity contribution in [1.82, 2.24) is 0 Å². The maximum atomic E-state index is 12.1. The van der Waals surface area contributed by atoms with E-state index in [1.807, 2.05) is 24.3 Å². The Labute approximate surface area is 146 Å². The molecule has 0 saturated carbocycles. The Kier molecular flexibility index (Phi) is 4.70. The molecular formula is C19H20O6. The third-order valence-electron chi connectivity index (χ3n) is 4.29. The Morgan fingerprint density at radius 2 is 1.60 bits per heavy atom. The molecule has 1 aliphatic heterocycles. The van der Waals surface area contributed by atoms with E-state index < -0.39 is 0 Å². The van der Waals surface area contributed by atoms with E-state index >= 15 is 0 Å². The first-order valence-corrected chi connectivity index (χ1v) is 7.80. The number of carbonyl (C=O) groups is 1. The first kappa shape index (κ1) is 17.0. The highest BCUT2D eigenvalue weighted by atomic mass is 16.5. The summed E-state index contributed by atoms with van der Waals surface area (Å²) in [6.45, 7) is 0. The Morgan fingerprint density at radius 1 is 0.920 bits per heavy atom. The molecule has 3 rings (SSSR count). The molecule has 0 aromatic heterocycles. The number of fused-ring (bicyclic) bond motifs is 1. The fraction of sp³-hybridized carbons (Fsp3) is 0.316. The van der Waals surface area contributed by atoms with Crippen LogP contribution in [-0.2, 0) is 4.79 Å². The summed E-state index contributed by atoms with van der Waals surface area (Å²) in [5.41, 5.74) is 1.73. The molecule has 6 nitrogen and oxygen atoms in total. The molecule has 0 N–H and O–H groups in total. The lowest BCUT2D eigenvalue weighted by Gasteiger charge is -2.28. The number of methoxy groups -OCH3 is 4. The first-order chi connectivity index (χ1) is 12.1. The summed E-state index contributed by atoms with van der Waals surface area (Å²) >= 11 is 0. The van der Waals surface area contributed by atoms with Gasteiger partial charge in [0.2, 0.25) is 5.75 Å². The van der Waals surface area contributed by atoms with Crippen LogP contribution in [0.2, 0.25) is 0 Å². The zero-order valence-electron chi connectivity index (χ0n) is 14.6. The molecule has 0 spiro atoms. The summed E-state index contributed by atoms with van der Waals surface area (Å²) in [7, 11) is 6.24. The van der Waals surface area contributed by atoms with E-state index in [-0.39, 0.29) is 18.3 Å². The second kappa shape index (κ2) is 6.93. The molecule has 2 aromatic carbocycles. The van der Waals surface area contributed by atoms with Gasteiger partial charge in [-0.15, -0.1) is 0 Å². The smallest absolute Gasteiger partial charge is 0.312 e. The topological polar surface area (TPSA) is 63.2 Å². The Hall–Kier alpha value is -2.89. The second-order valence-corrected chi connectivity index (χ2v) is 5.56. The lowest BCUT2D eigenvalue weighted by Crippen LogP contribution is -2.22. The van der Waals surface area contributed by atoms with Gasteiger partial charge in [0.25, 0.3) is 0 Å². The third kappa shape index (κ3) is 2.95. The van der Waals surface area contributed by atoms with Crippen molar-refractivity contribution in [2.45, 2.75) is 12.3 Å². The van der Waals surface area contributed by atoms with Gasteiger partial charge in [0.15, 0.2) is 11.5 Å². The number of benzene rings is 2. The average Bonchev–Trinajstić information content (AvgIpc) is 2.65. The maximum Gasteiger partial charge on any atom is 0.312 e. The summed E-state index contributed by atoms with van der Waals surface area (Å²) < 4.78 is 27.0. The van der Waals surface area contributed by atoms with Crippen molar-refractivity contribution in [3.05, 3.63) is 41.5 Å². The van der Waals surface area contributed by atoms with Crippen molar-refractivity contribution in [2.75, 3.05) is 28.4 Å². The molecule has 0 saturated heterocycles. The van der Waals surface area contributed by atoms with Gasteiger partial charge in [0, 0.05) is 17.5 Å². The van der Waals surface area contributed by atoms with Crippen LogP contribution in [0.25, 0.3) is 0 Å². The van der Waals surface area contributed by atoms with E-state index in [1.165, 1.54) is 7.11 Å². The van der Waals surface area contributed by atoms with Crippen LogP contribution in [0, 0.1) is 0 Å². The third-order valence-corrected chi connectivity index (χ3v) is 4.29. The molecule has 0 radical (unpaired) electrons. The first-order valence-electron chi connectivity index (χ1n) is 7.80. The minimum atomic E-state index is -0.303. The van der Waals surface area contributed by atoms with Crippen molar-refractivity contribution in [2.24, 2.45) is 0 Å². The van der Waals surface area contributed by atoms with Crippen LogP contribution in [-0.4, -0.2) is 34.4 Å². The molecule has 1 heterocycles. The normalized spacial score (nSPS) is 15.8. The highest BCUT2D eigenvalue weighted by Gasteiger charge is 2.35. The van der Waals surface area contributed by atoms with Gasteiger partial charge in [-0.25, -0.2) is 0 Å². The molecule has 1 unspecified atom stereocenters. The standard InChI is InChI=1S/C19H20O6/c1-21-12-7-5-11(6-8-12)13-9-16(20)25-14-10-15(22-2)18(23-3)19(24-4)17(13)14/h5-8,10,13H,9H2,1-4H3. The maximum absolute atomic E-state index is 12.1. The molecule has 0 aliphatic carbocycles. The van der Waals surface area contributed by atoms with Crippen LogP contribution in [0.1, 0.15) is 23.5 Å². The monoisotopic (exact) mass is 344 g/mol. The summed E-state index contributed by atoms with van der Waals surface area (Å²) in [5, 5.41) is 0. The van der Waals surface area contributed by atoms with Crippen molar-refractivity contribution in [1.29, 1.82) is 0 Å². The highest BCUT2D eigenvalue weighted by molar-refractivity contribution is 5.80. The second-order valence-electron chi connectivity index (χ2n) is 5.56.